The third-order valence-corrected chi connectivity index (χ3v) is 7.00. The van der Waals surface area contributed by atoms with Gasteiger partial charge in [-0.2, -0.15) is 4.57 Å². The Morgan fingerprint density at radius 2 is 1.76 bits per heavy atom. The van der Waals surface area contributed by atoms with Crippen molar-refractivity contribution in [2.24, 2.45) is 7.05 Å². The molecule has 2 aromatic heterocycles. The Labute approximate surface area is 172 Å². The highest BCUT2D eigenvalue weighted by Gasteiger charge is 2.39. The minimum Gasteiger partial charge on any atom is -0.455 e. The number of fused-ring (bicyclic) bond motifs is 5. The van der Waals surface area contributed by atoms with Gasteiger partial charge < -0.3 is 4.42 Å². The molecular formula is C26H29N2O+. The summed E-state index contributed by atoms with van der Waals surface area (Å²) in [6, 6.07) is 8.95. The second-order valence-electron chi connectivity index (χ2n) is 9.94. The van der Waals surface area contributed by atoms with Crippen molar-refractivity contribution >= 4 is 21.9 Å². The number of aryl methyl sites for hydroxylation is 2. The minimum atomic E-state index is 0.130. The molecule has 0 amide bonds. The molecule has 0 bridgehead atoms. The molecule has 29 heavy (non-hydrogen) atoms. The van der Waals surface area contributed by atoms with E-state index < -0.39 is 0 Å². The van der Waals surface area contributed by atoms with E-state index in [0.717, 1.165) is 22.4 Å². The van der Waals surface area contributed by atoms with Gasteiger partial charge in [-0.25, -0.2) is 0 Å². The number of nitrogens with zero attached hydrogens (tertiary/aromatic N) is 2. The Hall–Kier alpha value is -2.68. The molecule has 3 heteroatoms. The molecule has 0 aliphatic heterocycles. The normalized spacial score (nSPS) is 17.6. The monoisotopic (exact) mass is 385 g/mol. The number of furan rings is 1. The number of benzene rings is 2. The van der Waals surface area contributed by atoms with Crippen LogP contribution >= 0.6 is 0 Å². The van der Waals surface area contributed by atoms with E-state index in [1.165, 1.54) is 40.3 Å². The fourth-order valence-corrected chi connectivity index (χ4v) is 5.16. The van der Waals surface area contributed by atoms with Gasteiger partial charge in [-0.3, -0.25) is 4.98 Å². The van der Waals surface area contributed by atoms with Crippen molar-refractivity contribution in [3.63, 3.8) is 0 Å². The molecular weight excluding hydrogens is 356 g/mol. The van der Waals surface area contributed by atoms with Crippen molar-refractivity contribution < 1.29 is 8.98 Å². The molecule has 0 saturated carbocycles. The number of aromatic nitrogens is 2. The summed E-state index contributed by atoms with van der Waals surface area (Å²) in [6.07, 6.45) is 8.14. The molecule has 148 valence electrons. The lowest BCUT2D eigenvalue weighted by atomic mass is 9.62. The van der Waals surface area contributed by atoms with E-state index in [1.54, 1.807) is 0 Å². The van der Waals surface area contributed by atoms with Crippen LogP contribution in [-0.2, 0) is 17.9 Å². The molecule has 0 radical (unpaired) electrons. The lowest BCUT2D eigenvalue weighted by Crippen LogP contribution is -2.33. The summed E-state index contributed by atoms with van der Waals surface area (Å²) in [7, 11) is 2.06. The second kappa shape index (κ2) is 5.91. The van der Waals surface area contributed by atoms with Crippen LogP contribution in [0.25, 0.3) is 33.2 Å². The molecule has 5 rings (SSSR count). The van der Waals surface area contributed by atoms with Gasteiger partial charge in [0.1, 0.15) is 18.2 Å². The summed E-state index contributed by atoms with van der Waals surface area (Å²) in [6.45, 7) is 11.7. The SMILES string of the molecule is Cc1ccc2c(oc3ccc4c(c32)C(C)(C)CCC4(C)C)c1-c1cncc[n+]1C. The second-order valence-corrected chi connectivity index (χ2v) is 9.94. The summed E-state index contributed by atoms with van der Waals surface area (Å²) in [5.41, 5.74) is 8.62. The molecule has 0 fully saturated rings. The molecule has 0 unspecified atom stereocenters. The lowest BCUT2D eigenvalue weighted by molar-refractivity contribution is -0.660. The molecule has 1 aliphatic carbocycles. The average molecular weight is 386 g/mol. The van der Waals surface area contributed by atoms with Gasteiger partial charge in [0, 0.05) is 10.8 Å². The van der Waals surface area contributed by atoms with E-state index in [-0.39, 0.29) is 10.8 Å². The highest BCUT2D eigenvalue weighted by Crippen LogP contribution is 2.51. The Morgan fingerprint density at radius 3 is 2.52 bits per heavy atom. The van der Waals surface area contributed by atoms with Crippen LogP contribution in [0, 0.1) is 6.92 Å². The van der Waals surface area contributed by atoms with Crippen LogP contribution in [-0.4, -0.2) is 4.98 Å². The maximum Gasteiger partial charge on any atom is 0.234 e. The first-order valence-electron chi connectivity index (χ1n) is 10.5. The highest BCUT2D eigenvalue weighted by atomic mass is 16.3. The zero-order chi connectivity index (χ0) is 20.6. The highest BCUT2D eigenvalue weighted by molar-refractivity contribution is 6.12. The third-order valence-electron chi connectivity index (χ3n) is 7.00. The van der Waals surface area contributed by atoms with E-state index in [9.17, 15) is 0 Å². The molecule has 0 saturated heterocycles. The van der Waals surface area contributed by atoms with Gasteiger partial charge in [0.05, 0.1) is 18.0 Å². The molecule has 2 aromatic carbocycles. The van der Waals surface area contributed by atoms with E-state index >= 15 is 0 Å². The Balaban J connectivity index is 1.95. The van der Waals surface area contributed by atoms with E-state index in [2.05, 4.69) is 75.5 Å². The van der Waals surface area contributed by atoms with Gasteiger partial charge >= 0.3 is 0 Å². The van der Waals surface area contributed by atoms with Crippen molar-refractivity contribution in [1.29, 1.82) is 0 Å². The zero-order valence-electron chi connectivity index (χ0n) is 18.3. The van der Waals surface area contributed by atoms with E-state index in [1.807, 2.05) is 18.6 Å². The number of rotatable bonds is 1. The van der Waals surface area contributed by atoms with Gasteiger partial charge in [0.2, 0.25) is 5.69 Å². The number of hydrogen-bond acceptors (Lipinski definition) is 2. The van der Waals surface area contributed by atoms with Crippen LogP contribution in [0.2, 0.25) is 0 Å². The summed E-state index contributed by atoms with van der Waals surface area (Å²) >= 11 is 0. The van der Waals surface area contributed by atoms with Crippen LogP contribution in [0.1, 0.15) is 57.2 Å². The first kappa shape index (κ1) is 18.4. The smallest absolute Gasteiger partial charge is 0.234 e. The first-order valence-corrected chi connectivity index (χ1v) is 10.5. The first-order chi connectivity index (χ1) is 13.7. The maximum absolute atomic E-state index is 6.56. The fourth-order valence-electron chi connectivity index (χ4n) is 5.16. The summed E-state index contributed by atoms with van der Waals surface area (Å²) < 4.78 is 8.68. The molecule has 1 aliphatic rings. The lowest BCUT2D eigenvalue weighted by Gasteiger charge is -2.42. The van der Waals surface area contributed by atoms with Gasteiger partial charge in [-0.15, -0.1) is 0 Å². The number of hydrogen-bond donors (Lipinski definition) is 0. The van der Waals surface area contributed by atoms with Gasteiger partial charge in [-0.05, 0) is 53.4 Å². The van der Waals surface area contributed by atoms with Crippen LogP contribution in [0.4, 0.5) is 0 Å². The van der Waals surface area contributed by atoms with Crippen molar-refractivity contribution in [3.05, 3.63) is 59.5 Å². The molecule has 0 atom stereocenters. The van der Waals surface area contributed by atoms with Crippen molar-refractivity contribution in [3.8, 4) is 11.3 Å². The molecule has 0 spiro atoms. The van der Waals surface area contributed by atoms with E-state index in [4.69, 9.17) is 4.42 Å². The maximum atomic E-state index is 6.56. The quantitative estimate of drug-likeness (QED) is 0.369. The van der Waals surface area contributed by atoms with Crippen molar-refractivity contribution in [2.45, 2.75) is 58.3 Å². The predicted octanol–water partition coefficient (Wildman–Crippen LogP) is 6.13. The van der Waals surface area contributed by atoms with Crippen LogP contribution < -0.4 is 4.57 Å². The third kappa shape index (κ3) is 2.56. The van der Waals surface area contributed by atoms with Crippen LogP contribution in [0.15, 0.2) is 47.3 Å². The standard InChI is InChI=1S/C26H29N2O/c1-16-7-8-17-22-20(29-24(17)21(16)19-15-27-13-14-28(19)6)10-9-18-23(22)26(4,5)12-11-25(18,2)3/h7-10,13-15H,11-12H2,1-6H3/q+1. The Bertz CT molecular complexity index is 1280. The molecule has 3 nitrogen and oxygen atoms in total. The largest absolute Gasteiger partial charge is 0.455 e. The van der Waals surface area contributed by atoms with Crippen molar-refractivity contribution in [2.75, 3.05) is 0 Å². The summed E-state index contributed by atoms with van der Waals surface area (Å²) in [4.78, 5) is 4.37. The molecule has 0 N–H and O–H groups in total. The van der Waals surface area contributed by atoms with Gasteiger partial charge in [0.25, 0.3) is 0 Å². The predicted molar refractivity (Wildman–Crippen MR) is 118 cm³/mol. The van der Waals surface area contributed by atoms with Crippen LogP contribution in [0.5, 0.6) is 0 Å². The Morgan fingerprint density at radius 1 is 1.00 bits per heavy atom. The van der Waals surface area contributed by atoms with Gasteiger partial charge in [0.15, 0.2) is 6.20 Å². The van der Waals surface area contributed by atoms with Crippen LogP contribution in [0.3, 0.4) is 0 Å². The van der Waals surface area contributed by atoms with Gasteiger partial charge in [-0.1, -0.05) is 45.9 Å². The average Bonchev–Trinajstić information content (AvgIpc) is 3.04. The zero-order valence-corrected chi connectivity index (χ0v) is 18.3. The Kier molecular flexibility index (Phi) is 3.74. The fraction of sp³-hybridized carbons (Fsp3) is 0.385. The minimum absolute atomic E-state index is 0.130. The summed E-state index contributed by atoms with van der Waals surface area (Å²) in [5.74, 6) is 0. The van der Waals surface area contributed by atoms with Crippen molar-refractivity contribution in [1.82, 2.24) is 4.98 Å². The van der Waals surface area contributed by atoms with E-state index in [0.29, 0.717) is 0 Å². The molecule has 4 aromatic rings. The topological polar surface area (TPSA) is 29.9 Å². The summed E-state index contributed by atoms with van der Waals surface area (Å²) in [5, 5.41) is 2.51. The molecule has 2 heterocycles.